The summed E-state index contributed by atoms with van der Waals surface area (Å²) < 4.78 is 0. The summed E-state index contributed by atoms with van der Waals surface area (Å²) in [4.78, 5) is 0. The van der Waals surface area contributed by atoms with E-state index in [1.807, 2.05) is 0 Å². The Bertz CT molecular complexity index is 2790. The molecule has 0 saturated carbocycles. The highest BCUT2D eigenvalue weighted by atomic mass is 14.3. The Balaban J connectivity index is 0.000000501. The van der Waals surface area contributed by atoms with Crippen LogP contribution in [0.2, 0.25) is 0 Å². The van der Waals surface area contributed by atoms with Gasteiger partial charge < -0.3 is 0 Å². The number of benzene rings is 4. The Labute approximate surface area is 554 Å². The fraction of sp³-hybridized carbons (Fsp3) is 0.573. The van der Waals surface area contributed by atoms with Crippen molar-refractivity contribution >= 4 is 16.7 Å². The third-order valence-electron chi connectivity index (χ3n) is 18.9. The van der Waals surface area contributed by atoms with Gasteiger partial charge in [-0.05, 0) is 178 Å². The first kappa shape index (κ1) is 80.2. The lowest BCUT2D eigenvalue weighted by Gasteiger charge is -2.30. The van der Waals surface area contributed by atoms with Crippen LogP contribution < -0.4 is 0 Å². The van der Waals surface area contributed by atoms with Crippen LogP contribution in [0.3, 0.4) is 0 Å². The van der Waals surface area contributed by atoms with Crippen molar-refractivity contribution in [3.8, 4) is 11.1 Å². The number of unbranched alkanes of at least 4 members (excludes halogenated alkanes) is 10. The topological polar surface area (TPSA) is 0 Å². The van der Waals surface area contributed by atoms with Crippen LogP contribution in [0.4, 0.5) is 0 Å². The number of hydrogen-bond acceptors (Lipinski definition) is 0. The smallest absolute Gasteiger partial charge is 0.00478 e. The summed E-state index contributed by atoms with van der Waals surface area (Å²) in [6.07, 6.45) is 35.9. The molecule has 1 aliphatic carbocycles. The Morgan fingerprint density at radius 1 is 0.506 bits per heavy atom. The molecule has 0 saturated heterocycles. The van der Waals surface area contributed by atoms with Gasteiger partial charge in [-0.25, -0.2) is 0 Å². The molecule has 0 N–H and O–H groups in total. The first-order chi connectivity index (χ1) is 41.7. The maximum Gasteiger partial charge on any atom is 0.00478 e. The molecule has 0 heterocycles. The predicted molar refractivity (Wildman–Crippen MR) is 408 cm³/mol. The molecule has 0 aromatic heterocycles. The average Bonchev–Trinajstić information content (AvgIpc) is 1.32. The average molecular weight is 1210 g/mol. The van der Waals surface area contributed by atoms with E-state index in [0.29, 0.717) is 11.8 Å². The normalized spacial score (nSPS) is 14.7. The Hall–Kier alpha value is -4.94. The minimum absolute atomic E-state index is 0.165. The van der Waals surface area contributed by atoms with Gasteiger partial charge in [-0.3, -0.25) is 0 Å². The lowest BCUT2D eigenvalue weighted by molar-refractivity contribution is 0.431. The van der Waals surface area contributed by atoms with Crippen LogP contribution in [0.5, 0.6) is 0 Å². The Morgan fingerprint density at radius 3 is 1.31 bits per heavy atom. The first-order valence-electron chi connectivity index (χ1n) is 35.9. The molecule has 0 aliphatic heterocycles. The van der Waals surface area contributed by atoms with Gasteiger partial charge in [0.1, 0.15) is 0 Å². The second kappa shape index (κ2) is 39.5. The SMILES string of the molecule is C=C(C(=C)c1ccc(C(C)(C)C)cc1)c1ccc(C(C)(C)C)cc1.CCC.CCC/C(=C\C=C(/C)c1ccc(-c2ccc(C(C)(C)C)cc2C)c(C)c1)C1CC=C(C(C)C/C=C(\C)C(C)(C)C)C(C)=C1C.CCCCCCCCC(C)CCCCCCCC. The molecule has 0 amide bonds. The van der Waals surface area contributed by atoms with Crippen molar-refractivity contribution in [1.29, 1.82) is 0 Å². The second-order valence-electron chi connectivity index (χ2n) is 31.2. The highest BCUT2D eigenvalue weighted by Crippen LogP contribution is 2.41. The molecule has 0 radical (unpaired) electrons. The summed E-state index contributed by atoms with van der Waals surface area (Å²) in [5.74, 6) is 2.03. The lowest BCUT2D eigenvalue weighted by atomic mass is 9.75. The largest absolute Gasteiger partial charge is 0.0906 e. The number of allylic oxidation sites excluding steroid dienone is 12. The maximum absolute atomic E-state index is 4.26. The van der Waals surface area contributed by atoms with Crippen LogP contribution in [-0.2, 0) is 16.2 Å². The molecule has 2 atom stereocenters. The molecule has 0 bridgehead atoms. The molecule has 4 aromatic carbocycles. The standard InChI is InChI=1S/C44H62.C24H30.C18H38.C3H8/c1-15-16-36(42-26-25-39(34(7)35(42)8)30(3)17-19-33(6)43(9,10)11)20-18-29(2)37-21-23-40(31(4)27-37)41-24-22-38(28-32(41)5)44(12,13)14;1-17(19-9-13-21(14-10-19)23(3,4)5)18(2)20-11-15-22(16-12-20)24(6,7)8;1-4-6-8-10-12-14-16-18(3)17-15-13-11-9-7-5-2;1-3-2/h18-25,27-28,30,42H,15-17,26H2,1-14H3;9-16H,1-2H2,3-8H3;18H,4-17H2,1-3H3;3H2,1-2H3/b29-18+,33-19+,36-20+;;;. The summed E-state index contributed by atoms with van der Waals surface area (Å²) in [5.41, 5.74) is 24.7. The zero-order valence-electron chi connectivity index (χ0n) is 63.0. The van der Waals surface area contributed by atoms with E-state index in [0.717, 1.165) is 47.5 Å². The molecule has 89 heavy (non-hydrogen) atoms. The maximum atomic E-state index is 4.26. The van der Waals surface area contributed by atoms with Crippen LogP contribution in [0.25, 0.3) is 27.8 Å². The van der Waals surface area contributed by atoms with Gasteiger partial charge in [0.15, 0.2) is 0 Å². The van der Waals surface area contributed by atoms with Gasteiger partial charge in [-0.2, -0.15) is 0 Å². The van der Waals surface area contributed by atoms with Crippen LogP contribution in [-0.4, -0.2) is 0 Å². The van der Waals surface area contributed by atoms with E-state index in [1.165, 1.54) is 164 Å². The summed E-state index contributed by atoms with van der Waals surface area (Å²) in [7, 11) is 0. The number of aryl methyl sites for hydroxylation is 2. The van der Waals surface area contributed by atoms with Crippen molar-refractivity contribution in [2.75, 3.05) is 0 Å². The summed E-state index contributed by atoms with van der Waals surface area (Å²) in [6.45, 7) is 65.5. The molecule has 0 fully saturated rings. The Morgan fingerprint density at radius 2 is 0.910 bits per heavy atom. The van der Waals surface area contributed by atoms with Gasteiger partial charge in [0, 0.05) is 5.92 Å². The highest BCUT2D eigenvalue weighted by Gasteiger charge is 2.25. The van der Waals surface area contributed by atoms with E-state index in [4.69, 9.17) is 0 Å². The molecule has 2 unspecified atom stereocenters. The van der Waals surface area contributed by atoms with Crippen molar-refractivity contribution < 1.29 is 0 Å². The molecule has 494 valence electrons. The number of rotatable bonds is 26. The highest BCUT2D eigenvalue weighted by molar-refractivity contribution is 6.03. The molecule has 1 aliphatic rings. The Kier molecular flexibility index (Phi) is 35.5. The molecule has 0 heteroatoms. The second-order valence-corrected chi connectivity index (χ2v) is 31.2. The van der Waals surface area contributed by atoms with Crippen molar-refractivity contribution in [1.82, 2.24) is 0 Å². The minimum atomic E-state index is 0.165. The minimum Gasteiger partial charge on any atom is -0.0906 e. The molecular formula is C89H138. The zero-order chi connectivity index (χ0) is 67.3. The van der Waals surface area contributed by atoms with Gasteiger partial charge in [0.25, 0.3) is 0 Å². The molecule has 0 nitrogen and oxygen atoms in total. The van der Waals surface area contributed by atoms with E-state index in [9.17, 15) is 0 Å². The molecule has 0 spiro atoms. The van der Waals surface area contributed by atoms with E-state index in [2.05, 4.69) is 295 Å². The van der Waals surface area contributed by atoms with Gasteiger partial charge in [0.05, 0.1) is 0 Å². The monoisotopic (exact) mass is 1210 g/mol. The van der Waals surface area contributed by atoms with E-state index in [-0.39, 0.29) is 21.7 Å². The van der Waals surface area contributed by atoms with Crippen LogP contribution in [0, 0.1) is 37.0 Å². The van der Waals surface area contributed by atoms with Gasteiger partial charge in [-0.1, -0.05) is 373 Å². The van der Waals surface area contributed by atoms with Gasteiger partial charge in [-0.15, -0.1) is 0 Å². The lowest BCUT2D eigenvalue weighted by Crippen LogP contribution is -2.15. The van der Waals surface area contributed by atoms with Crippen molar-refractivity contribution in [3.05, 3.63) is 195 Å². The van der Waals surface area contributed by atoms with Crippen molar-refractivity contribution in [3.63, 3.8) is 0 Å². The molecule has 4 aromatic rings. The van der Waals surface area contributed by atoms with Crippen LogP contribution >= 0.6 is 0 Å². The fourth-order valence-electron chi connectivity index (χ4n) is 11.9. The quantitative estimate of drug-likeness (QED) is 0.0334. The molecular weight excluding hydrogens is 1070 g/mol. The third kappa shape index (κ3) is 28.2. The van der Waals surface area contributed by atoms with E-state index < -0.39 is 0 Å². The first-order valence-corrected chi connectivity index (χ1v) is 35.9. The predicted octanol–water partition coefficient (Wildman–Crippen LogP) is 29.2. The van der Waals surface area contributed by atoms with Gasteiger partial charge in [0.2, 0.25) is 0 Å². The van der Waals surface area contributed by atoms with E-state index >= 15 is 0 Å². The van der Waals surface area contributed by atoms with Gasteiger partial charge >= 0.3 is 0 Å². The van der Waals surface area contributed by atoms with E-state index in [1.54, 1.807) is 16.7 Å². The summed E-state index contributed by atoms with van der Waals surface area (Å²) >= 11 is 0. The van der Waals surface area contributed by atoms with Crippen LogP contribution in [0.1, 0.15) is 326 Å². The zero-order valence-corrected chi connectivity index (χ0v) is 63.0. The number of hydrogen-bond donors (Lipinski definition) is 0. The van der Waals surface area contributed by atoms with Crippen molar-refractivity contribution in [2.24, 2.45) is 23.2 Å². The van der Waals surface area contributed by atoms with Crippen LogP contribution in [0.15, 0.2) is 150 Å². The van der Waals surface area contributed by atoms with Crippen molar-refractivity contribution in [2.45, 2.75) is 311 Å². The summed E-state index contributed by atoms with van der Waals surface area (Å²) in [6, 6.07) is 31.3. The third-order valence-corrected chi connectivity index (χ3v) is 18.9. The fourth-order valence-corrected chi connectivity index (χ4v) is 11.9. The summed E-state index contributed by atoms with van der Waals surface area (Å²) in [5, 5.41) is 0. The molecule has 5 rings (SSSR count).